The molecule has 0 saturated heterocycles. The summed E-state index contributed by atoms with van der Waals surface area (Å²) in [5.41, 5.74) is 3.84. The zero-order valence-electron chi connectivity index (χ0n) is 16.2. The van der Waals surface area contributed by atoms with E-state index in [2.05, 4.69) is 25.9 Å². The monoisotopic (exact) mass is 396 g/mol. The number of nitrogens with zero attached hydrogens (tertiary/aromatic N) is 5. The Kier molecular flexibility index (Phi) is 6.36. The van der Waals surface area contributed by atoms with E-state index in [0.29, 0.717) is 28.6 Å². The van der Waals surface area contributed by atoms with E-state index in [9.17, 15) is 4.79 Å². The van der Waals surface area contributed by atoms with Crippen molar-refractivity contribution in [3.8, 4) is 28.6 Å². The van der Waals surface area contributed by atoms with Crippen LogP contribution in [-0.2, 0) is 11.3 Å². The molecule has 0 fully saturated rings. The predicted octanol–water partition coefficient (Wildman–Crippen LogP) is 1.52. The molecule has 1 N–H and O–H groups in total. The molecule has 1 aromatic heterocycles. The van der Waals surface area contributed by atoms with Gasteiger partial charge in [-0.15, -0.1) is 10.2 Å². The highest BCUT2D eigenvalue weighted by Crippen LogP contribution is 2.33. The maximum Gasteiger partial charge on any atom is 0.263 e. The second-order valence-electron chi connectivity index (χ2n) is 5.75. The molecule has 29 heavy (non-hydrogen) atoms. The summed E-state index contributed by atoms with van der Waals surface area (Å²) in [6, 6.07) is 12.7. The van der Waals surface area contributed by atoms with Crippen LogP contribution in [0.5, 0.6) is 17.2 Å². The smallest absolute Gasteiger partial charge is 0.263 e. The summed E-state index contributed by atoms with van der Waals surface area (Å²) < 4.78 is 15.8. The number of rotatable bonds is 8. The first-order chi connectivity index (χ1) is 14.1. The van der Waals surface area contributed by atoms with Crippen molar-refractivity contribution in [3.05, 3.63) is 48.0 Å². The fraction of sp³-hybridized carbons (Fsp3) is 0.211. The first-order valence-corrected chi connectivity index (χ1v) is 8.59. The van der Waals surface area contributed by atoms with E-state index >= 15 is 0 Å². The minimum Gasteiger partial charge on any atom is -0.496 e. The lowest BCUT2D eigenvalue weighted by atomic mass is 10.2. The molecule has 10 nitrogen and oxygen atoms in total. The van der Waals surface area contributed by atoms with Crippen LogP contribution in [0.4, 0.5) is 0 Å². The lowest BCUT2D eigenvalue weighted by Gasteiger charge is -2.11. The molecule has 1 heterocycles. The number of carbonyl (C=O) groups excluding carboxylic acids is 1. The zero-order valence-corrected chi connectivity index (χ0v) is 16.2. The van der Waals surface area contributed by atoms with Gasteiger partial charge < -0.3 is 14.2 Å². The molecular formula is C19H20N6O4. The van der Waals surface area contributed by atoms with Gasteiger partial charge in [0, 0.05) is 17.2 Å². The van der Waals surface area contributed by atoms with E-state index in [1.807, 2.05) is 30.3 Å². The summed E-state index contributed by atoms with van der Waals surface area (Å²) in [6.45, 7) is -0.125. The predicted molar refractivity (Wildman–Crippen MR) is 105 cm³/mol. The van der Waals surface area contributed by atoms with Crippen LogP contribution in [0.15, 0.2) is 47.6 Å². The maximum absolute atomic E-state index is 12.1. The van der Waals surface area contributed by atoms with Crippen molar-refractivity contribution in [3.63, 3.8) is 0 Å². The Morgan fingerprint density at radius 3 is 2.45 bits per heavy atom. The van der Waals surface area contributed by atoms with Gasteiger partial charge in [0.15, 0.2) is 11.5 Å². The van der Waals surface area contributed by atoms with Gasteiger partial charge in [-0.3, -0.25) is 4.79 Å². The molecule has 0 radical (unpaired) electrons. The average Bonchev–Trinajstić information content (AvgIpc) is 3.22. The number of tetrazole rings is 1. The van der Waals surface area contributed by atoms with Crippen molar-refractivity contribution < 1.29 is 19.0 Å². The van der Waals surface area contributed by atoms with Crippen molar-refractivity contribution in [1.29, 1.82) is 0 Å². The van der Waals surface area contributed by atoms with Crippen LogP contribution < -0.4 is 19.6 Å². The van der Waals surface area contributed by atoms with Crippen molar-refractivity contribution in [1.82, 2.24) is 25.6 Å². The molecule has 3 rings (SSSR count). The summed E-state index contributed by atoms with van der Waals surface area (Å²) in [7, 11) is 4.59. The maximum atomic E-state index is 12.1. The largest absolute Gasteiger partial charge is 0.496 e. The van der Waals surface area contributed by atoms with Crippen LogP contribution in [0.3, 0.4) is 0 Å². The van der Waals surface area contributed by atoms with Gasteiger partial charge in [-0.2, -0.15) is 9.90 Å². The van der Waals surface area contributed by atoms with Gasteiger partial charge in [-0.25, -0.2) is 5.43 Å². The molecular weight excluding hydrogens is 376 g/mol. The highest BCUT2D eigenvalue weighted by atomic mass is 16.5. The molecule has 0 saturated carbocycles. The van der Waals surface area contributed by atoms with Gasteiger partial charge in [0.05, 0.1) is 27.5 Å². The van der Waals surface area contributed by atoms with Crippen LogP contribution in [-0.4, -0.2) is 53.7 Å². The van der Waals surface area contributed by atoms with Gasteiger partial charge in [0.2, 0.25) is 5.82 Å². The van der Waals surface area contributed by atoms with Gasteiger partial charge in [-0.05, 0) is 11.3 Å². The molecule has 3 aromatic rings. The van der Waals surface area contributed by atoms with Crippen molar-refractivity contribution in [2.24, 2.45) is 5.10 Å². The van der Waals surface area contributed by atoms with E-state index in [1.54, 1.807) is 12.1 Å². The second kappa shape index (κ2) is 9.31. The number of carbonyl (C=O) groups is 1. The summed E-state index contributed by atoms with van der Waals surface area (Å²) >= 11 is 0. The Morgan fingerprint density at radius 2 is 1.76 bits per heavy atom. The zero-order chi connectivity index (χ0) is 20.6. The summed E-state index contributed by atoms with van der Waals surface area (Å²) in [4.78, 5) is 13.3. The van der Waals surface area contributed by atoms with E-state index in [1.165, 1.54) is 32.3 Å². The molecule has 0 aliphatic carbocycles. The number of aromatic nitrogens is 4. The molecule has 0 aliphatic heterocycles. The summed E-state index contributed by atoms with van der Waals surface area (Å²) in [5, 5.41) is 16.0. The minimum atomic E-state index is -0.405. The molecule has 0 spiro atoms. The number of hydrazone groups is 1. The molecule has 10 heteroatoms. The van der Waals surface area contributed by atoms with Crippen LogP contribution in [0.25, 0.3) is 11.4 Å². The average molecular weight is 396 g/mol. The number of amides is 1. The molecule has 0 unspecified atom stereocenters. The fourth-order valence-electron chi connectivity index (χ4n) is 2.50. The Labute approximate surface area is 167 Å². The van der Waals surface area contributed by atoms with Gasteiger partial charge in [0.25, 0.3) is 5.91 Å². The van der Waals surface area contributed by atoms with Crippen LogP contribution >= 0.6 is 0 Å². The van der Waals surface area contributed by atoms with Crippen LogP contribution in [0, 0.1) is 0 Å². The summed E-state index contributed by atoms with van der Waals surface area (Å²) in [6.07, 6.45) is 1.45. The number of nitrogens with one attached hydrogen (secondary N) is 1. The number of methoxy groups -OCH3 is 3. The Hall–Kier alpha value is -3.95. The fourth-order valence-corrected chi connectivity index (χ4v) is 2.50. The van der Waals surface area contributed by atoms with Gasteiger partial charge >= 0.3 is 0 Å². The third-order valence-corrected chi connectivity index (χ3v) is 3.90. The lowest BCUT2D eigenvalue weighted by Crippen LogP contribution is -2.24. The van der Waals surface area contributed by atoms with E-state index in [4.69, 9.17) is 14.2 Å². The van der Waals surface area contributed by atoms with E-state index in [-0.39, 0.29) is 6.54 Å². The number of hydrogen-bond acceptors (Lipinski definition) is 8. The van der Waals surface area contributed by atoms with Gasteiger partial charge in [-0.1, -0.05) is 30.3 Å². The highest BCUT2D eigenvalue weighted by Gasteiger charge is 2.11. The molecule has 1 amide bonds. The Bertz CT molecular complexity index is 1000. The van der Waals surface area contributed by atoms with Crippen LogP contribution in [0.1, 0.15) is 5.56 Å². The first-order valence-electron chi connectivity index (χ1n) is 8.59. The normalized spacial score (nSPS) is 10.7. The van der Waals surface area contributed by atoms with Crippen LogP contribution in [0.2, 0.25) is 0 Å². The lowest BCUT2D eigenvalue weighted by molar-refractivity contribution is -0.122. The number of hydrogen-bond donors (Lipinski definition) is 1. The Morgan fingerprint density at radius 1 is 1.07 bits per heavy atom. The highest BCUT2D eigenvalue weighted by molar-refractivity contribution is 5.86. The minimum absolute atomic E-state index is 0.125. The first kappa shape index (κ1) is 19.8. The third kappa shape index (κ3) is 4.86. The standard InChI is InChI=1S/C19H20N6O4/c1-27-15-10-17(29-3)16(28-2)9-14(15)11-20-21-18(26)12-25-23-19(22-24-25)13-7-5-4-6-8-13/h4-11H,12H2,1-3H3,(H,21,26)/b20-11+. The van der Waals surface area contributed by atoms with Gasteiger partial charge in [0.1, 0.15) is 12.3 Å². The molecule has 0 aliphatic rings. The number of benzene rings is 2. The molecule has 0 atom stereocenters. The quantitative estimate of drug-likeness (QED) is 0.454. The summed E-state index contributed by atoms with van der Waals surface area (Å²) in [5.74, 6) is 1.60. The molecule has 0 bridgehead atoms. The molecule has 150 valence electrons. The Balaban J connectivity index is 1.64. The van der Waals surface area contributed by atoms with E-state index in [0.717, 1.165) is 5.56 Å². The second-order valence-corrected chi connectivity index (χ2v) is 5.75. The van der Waals surface area contributed by atoms with Crippen molar-refractivity contribution >= 4 is 12.1 Å². The van der Waals surface area contributed by atoms with E-state index < -0.39 is 5.91 Å². The molecule has 2 aromatic carbocycles. The third-order valence-electron chi connectivity index (χ3n) is 3.90. The van der Waals surface area contributed by atoms with Crippen molar-refractivity contribution in [2.45, 2.75) is 6.54 Å². The number of ether oxygens (including phenoxy) is 3. The SMILES string of the molecule is COc1cc(OC)c(OC)cc1/C=N/NC(=O)Cn1nnc(-c2ccccc2)n1. The van der Waals surface area contributed by atoms with Crippen molar-refractivity contribution in [2.75, 3.05) is 21.3 Å². The topological polar surface area (TPSA) is 113 Å².